The largest absolute Gasteiger partial charge is 0.493 e. The Morgan fingerprint density at radius 2 is 1.96 bits per heavy atom. The predicted octanol–water partition coefficient (Wildman–Crippen LogP) is 0.789. The van der Waals surface area contributed by atoms with Gasteiger partial charge >= 0.3 is 18.0 Å². The Morgan fingerprint density at radius 1 is 1.27 bits per heavy atom. The van der Waals surface area contributed by atoms with E-state index in [1.807, 2.05) is 0 Å². The second-order valence-electron chi connectivity index (χ2n) is 4.99. The van der Waals surface area contributed by atoms with Crippen LogP contribution in [0.2, 0.25) is 5.02 Å². The zero-order chi connectivity index (χ0) is 19.4. The van der Waals surface area contributed by atoms with Gasteiger partial charge in [-0.1, -0.05) is 11.6 Å². The summed E-state index contributed by atoms with van der Waals surface area (Å²) in [6.45, 7) is -1.40. The number of halogens is 1. The van der Waals surface area contributed by atoms with Crippen LogP contribution < -0.4 is 14.8 Å². The molecule has 3 N–H and O–H groups in total. The van der Waals surface area contributed by atoms with E-state index in [1.54, 1.807) is 0 Å². The minimum atomic E-state index is -1.33. The van der Waals surface area contributed by atoms with Crippen LogP contribution in [0, 0.1) is 0 Å². The molecule has 0 unspecified atom stereocenters. The summed E-state index contributed by atoms with van der Waals surface area (Å²) in [4.78, 5) is 45.6. The molecule has 11 heteroatoms. The first kappa shape index (κ1) is 19.1. The second-order valence-corrected chi connectivity index (χ2v) is 5.40. The van der Waals surface area contributed by atoms with Crippen LogP contribution in [-0.2, 0) is 14.4 Å². The van der Waals surface area contributed by atoms with Gasteiger partial charge in [-0.15, -0.1) is 0 Å². The van der Waals surface area contributed by atoms with Gasteiger partial charge in [-0.2, -0.15) is 0 Å². The quantitative estimate of drug-likeness (QED) is 0.462. The molecule has 0 radical (unpaired) electrons. The van der Waals surface area contributed by atoms with Crippen LogP contribution in [0.4, 0.5) is 4.79 Å². The number of urea groups is 1. The molecule has 0 atom stereocenters. The molecule has 0 aliphatic carbocycles. The Morgan fingerprint density at radius 3 is 2.54 bits per heavy atom. The highest BCUT2D eigenvalue weighted by Gasteiger charge is 2.34. The number of rotatable bonds is 7. The molecule has 1 saturated heterocycles. The van der Waals surface area contributed by atoms with Crippen molar-refractivity contribution in [1.29, 1.82) is 0 Å². The molecule has 2 rings (SSSR count). The Balaban J connectivity index is 2.32. The average molecular weight is 385 g/mol. The average Bonchev–Trinajstić information content (AvgIpc) is 2.80. The fourth-order valence-electron chi connectivity index (χ4n) is 2.11. The Hall–Kier alpha value is -3.27. The molecule has 0 saturated carbocycles. The highest BCUT2D eigenvalue weighted by atomic mass is 35.5. The van der Waals surface area contributed by atoms with Gasteiger partial charge in [0.2, 0.25) is 0 Å². The Labute approximate surface area is 151 Å². The van der Waals surface area contributed by atoms with Crippen LogP contribution in [0.5, 0.6) is 11.5 Å². The number of methoxy groups -OCH3 is 1. The second kappa shape index (κ2) is 7.74. The van der Waals surface area contributed by atoms with E-state index < -0.39 is 37.0 Å². The maximum Gasteiger partial charge on any atom is 0.341 e. The van der Waals surface area contributed by atoms with Gasteiger partial charge in [-0.25, -0.2) is 14.5 Å². The van der Waals surface area contributed by atoms with E-state index >= 15 is 0 Å². The van der Waals surface area contributed by atoms with E-state index in [9.17, 15) is 19.2 Å². The summed E-state index contributed by atoms with van der Waals surface area (Å²) in [5, 5.41) is 19.7. The van der Waals surface area contributed by atoms with Crippen LogP contribution in [0.25, 0.3) is 6.08 Å². The molecule has 3 amide bonds. The summed E-state index contributed by atoms with van der Waals surface area (Å²) >= 11 is 6.06. The van der Waals surface area contributed by atoms with Gasteiger partial charge in [0.1, 0.15) is 12.2 Å². The number of amides is 3. The Bertz CT molecular complexity index is 820. The van der Waals surface area contributed by atoms with Gasteiger partial charge in [0, 0.05) is 0 Å². The van der Waals surface area contributed by atoms with Crippen molar-refractivity contribution < 1.29 is 38.9 Å². The van der Waals surface area contributed by atoms with Crippen molar-refractivity contribution in [3.63, 3.8) is 0 Å². The fraction of sp³-hybridized carbons (Fsp3) is 0.200. The van der Waals surface area contributed by atoms with Crippen LogP contribution in [0.15, 0.2) is 17.8 Å². The predicted molar refractivity (Wildman–Crippen MR) is 87.0 cm³/mol. The lowest BCUT2D eigenvalue weighted by Crippen LogP contribution is -2.35. The van der Waals surface area contributed by atoms with Gasteiger partial charge < -0.3 is 25.0 Å². The minimum absolute atomic E-state index is 0.00741. The third-order valence-corrected chi connectivity index (χ3v) is 3.44. The van der Waals surface area contributed by atoms with Crippen molar-refractivity contribution >= 4 is 41.6 Å². The number of nitrogens with zero attached hydrogens (tertiary/aromatic N) is 1. The molecular formula is C15H13ClN2O8. The minimum Gasteiger partial charge on any atom is -0.493 e. The number of hydrogen-bond donors (Lipinski definition) is 3. The van der Waals surface area contributed by atoms with E-state index in [1.165, 1.54) is 25.3 Å². The van der Waals surface area contributed by atoms with Gasteiger partial charge in [0.25, 0.3) is 5.91 Å². The summed E-state index contributed by atoms with van der Waals surface area (Å²) in [5.74, 6) is -3.22. The number of aliphatic carboxylic acids is 2. The lowest BCUT2D eigenvalue weighted by atomic mass is 10.1. The van der Waals surface area contributed by atoms with E-state index in [0.29, 0.717) is 10.5 Å². The molecule has 0 spiro atoms. The van der Waals surface area contributed by atoms with Crippen LogP contribution in [0.3, 0.4) is 0 Å². The Kier molecular flexibility index (Phi) is 5.68. The first-order valence-corrected chi connectivity index (χ1v) is 7.39. The number of ether oxygens (including phenoxy) is 2. The molecule has 1 aliphatic heterocycles. The van der Waals surface area contributed by atoms with Gasteiger partial charge in [-0.3, -0.25) is 9.59 Å². The number of hydrogen-bond acceptors (Lipinski definition) is 6. The maximum atomic E-state index is 12.1. The molecular weight excluding hydrogens is 372 g/mol. The number of imide groups is 1. The lowest BCUT2D eigenvalue weighted by molar-refractivity contribution is -0.140. The molecule has 0 aromatic heterocycles. The van der Waals surface area contributed by atoms with Gasteiger partial charge in [0.15, 0.2) is 18.1 Å². The summed E-state index contributed by atoms with van der Waals surface area (Å²) in [7, 11) is 1.31. The first-order chi connectivity index (χ1) is 12.2. The highest BCUT2D eigenvalue weighted by molar-refractivity contribution is 6.32. The van der Waals surface area contributed by atoms with Gasteiger partial charge in [0.05, 0.1) is 12.1 Å². The van der Waals surface area contributed by atoms with Gasteiger partial charge in [-0.05, 0) is 23.8 Å². The van der Waals surface area contributed by atoms with Crippen LogP contribution in [0.1, 0.15) is 5.56 Å². The van der Waals surface area contributed by atoms with Crippen molar-refractivity contribution in [3.05, 3.63) is 28.4 Å². The maximum absolute atomic E-state index is 12.1. The standard InChI is InChI=1S/C15H13ClN2O8/c1-25-10-4-7(2-8(16)13(10)26-6-12(21)22)3-9-14(23)18(5-11(19)20)15(24)17-9/h2-4H,5-6H2,1H3,(H,17,24)(H,19,20)(H,21,22)/b9-3+. The van der Waals surface area contributed by atoms with Crippen LogP contribution >= 0.6 is 11.6 Å². The van der Waals surface area contributed by atoms with Crippen LogP contribution in [-0.4, -0.2) is 59.3 Å². The number of benzene rings is 1. The molecule has 1 aromatic carbocycles. The first-order valence-electron chi connectivity index (χ1n) is 7.01. The monoisotopic (exact) mass is 384 g/mol. The third-order valence-electron chi connectivity index (χ3n) is 3.16. The lowest BCUT2D eigenvalue weighted by Gasteiger charge is -2.12. The topological polar surface area (TPSA) is 142 Å². The highest BCUT2D eigenvalue weighted by Crippen LogP contribution is 2.37. The number of carbonyl (C=O) groups is 4. The molecule has 1 aromatic rings. The summed E-state index contributed by atoms with van der Waals surface area (Å²) in [5.41, 5.74) is 0.198. The summed E-state index contributed by atoms with van der Waals surface area (Å²) < 4.78 is 10.2. The molecule has 0 bridgehead atoms. The fourth-order valence-corrected chi connectivity index (χ4v) is 2.39. The smallest absolute Gasteiger partial charge is 0.341 e. The van der Waals surface area contributed by atoms with E-state index in [4.69, 9.17) is 31.3 Å². The molecule has 10 nitrogen and oxygen atoms in total. The SMILES string of the molecule is COc1cc(/C=C2/NC(=O)N(CC(=O)O)C2=O)cc(Cl)c1OCC(=O)O. The van der Waals surface area contributed by atoms with Crippen molar-refractivity contribution in [2.75, 3.05) is 20.3 Å². The number of nitrogens with one attached hydrogen (secondary N) is 1. The molecule has 26 heavy (non-hydrogen) atoms. The zero-order valence-electron chi connectivity index (χ0n) is 13.3. The van der Waals surface area contributed by atoms with Crippen molar-refractivity contribution in [1.82, 2.24) is 10.2 Å². The third kappa shape index (κ3) is 4.22. The van der Waals surface area contributed by atoms with E-state index in [2.05, 4.69) is 5.32 Å². The zero-order valence-corrected chi connectivity index (χ0v) is 14.1. The number of carbonyl (C=O) groups excluding carboxylic acids is 2. The van der Waals surface area contributed by atoms with Crippen molar-refractivity contribution in [3.8, 4) is 11.5 Å². The molecule has 1 heterocycles. The van der Waals surface area contributed by atoms with E-state index in [-0.39, 0.29) is 22.2 Å². The summed E-state index contributed by atoms with van der Waals surface area (Å²) in [6.07, 6.45) is 1.28. The van der Waals surface area contributed by atoms with E-state index in [0.717, 1.165) is 0 Å². The van der Waals surface area contributed by atoms with Crippen molar-refractivity contribution in [2.24, 2.45) is 0 Å². The normalized spacial score (nSPS) is 15.2. The number of carboxylic acids is 2. The molecule has 1 fully saturated rings. The summed E-state index contributed by atoms with van der Waals surface area (Å²) in [6, 6.07) is 1.92. The van der Waals surface area contributed by atoms with Crippen molar-refractivity contribution in [2.45, 2.75) is 0 Å². The molecule has 138 valence electrons. The number of carboxylic acid groups (broad SMARTS) is 2. The molecule has 1 aliphatic rings.